The van der Waals surface area contributed by atoms with Crippen LogP contribution < -0.4 is 5.73 Å². The van der Waals surface area contributed by atoms with Crippen LogP contribution in [0.2, 0.25) is 0 Å². The number of fused-ring (bicyclic) bond motifs is 1. The normalized spacial score (nSPS) is 13.3. The average molecular weight is 190 g/mol. The molecule has 0 aliphatic heterocycles. The SMILES string of the molecule is CC(CCN)c1coc2cnccc12. The largest absolute Gasteiger partial charge is 0.462 e. The van der Waals surface area contributed by atoms with Gasteiger partial charge in [0.25, 0.3) is 0 Å². The Morgan fingerprint density at radius 1 is 1.57 bits per heavy atom. The first-order valence-corrected chi connectivity index (χ1v) is 4.84. The maximum atomic E-state index is 5.54. The smallest absolute Gasteiger partial charge is 0.152 e. The van der Waals surface area contributed by atoms with Crippen LogP contribution >= 0.6 is 0 Å². The van der Waals surface area contributed by atoms with Crippen LogP contribution in [-0.4, -0.2) is 11.5 Å². The van der Waals surface area contributed by atoms with Gasteiger partial charge in [-0.2, -0.15) is 0 Å². The van der Waals surface area contributed by atoms with E-state index in [1.807, 2.05) is 12.3 Å². The zero-order valence-corrected chi connectivity index (χ0v) is 8.23. The number of furan rings is 1. The molecule has 0 saturated carbocycles. The lowest BCUT2D eigenvalue weighted by molar-refractivity contribution is 0.596. The first-order chi connectivity index (χ1) is 6.83. The first-order valence-electron chi connectivity index (χ1n) is 4.84. The molecular formula is C11H14N2O. The Kier molecular flexibility index (Phi) is 2.50. The van der Waals surface area contributed by atoms with Crippen molar-refractivity contribution < 1.29 is 4.42 Å². The van der Waals surface area contributed by atoms with Crippen molar-refractivity contribution in [1.29, 1.82) is 0 Å². The Balaban J connectivity index is 2.42. The van der Waals surface area contributed by atoms with Gasteiger partial charge in [-0.3, -0.25) is 4.98 Å². The second-order valence-corrected chi connectivity index (χ2v) is 3.54. The van der Waals surface area contributed by atoms with E-state index in [1.165, 1.54) is 5.56 Å². The molecule has 74 valence electrons. The predicted molar refractivity (Wildman–Crippen MR) is 56.1 cm³/mol. The third kappa shape index (κ3) is 1.51. The third-order valence-corrected chi connectivity index (χ3v) is 2.54. The molecule has 0 aliphatic carbocycles. The monoisotopic (exact) mass is 190 g/mol. The van der Waals surface area contributed by atoms with Crippen molar-refractivity contribution >= 4 is 11.0 Å². The quantitative estimate of drug-likeness (QED) is 0.807. The van der Waals surface area contributed by atoms with E-state index in [1.54, 1.807) is 12.4 Å². The highest BCUT2D eigenvalue weighted by atomic mass is 16.3. The summed E-state index contributed by atoms with van der Waals surface area (Å²) in [6.07, 6.45) is 6.33. The van der Waals surface area contributed by atoms with Gasteiger partial charge >= 0.3 is 0 Å². The number of rotatable bonds is 3. The predicted octanol–water partition coefficient (Wildman–Crippen LogP) is 2.28. The van der Waals surface area contributed by atoms with Crippen molar-refractivity contribution in [2.24, 2.45) is 5.73 Å². The lowest BCUT2D eigenvalue weighted by atomic mass is 9.98. The highest BCUT2D eigenvalue weighted by Crippen LogP contribution is 2.28. The molecule has 0 radical (unpaired) electrons. The summed E-state index contributed by atoms with van der Waals surface area (Å²) < 4.78 is 5.41. The van der Waals surface area contributed by atoms with E-state index in [0.717, 1.165) is 17.4 Å². The minimum Gasteiger partial charge on any atom is -0.462 e. The van der Waals surface area contributed by atoms with Crippen LogP contribution in [0.3, 0.4) is 0 Å². The molecule has 0 fully saturated rings. The van der Waals surface area contributed by atoms with E-state index in [-0.39, 0.29) is 0 Å². The summed E-state index contributed by atoms with van der Waals surface area (Å²) >= 11 is 0. The first kappa shape index (κ1) is 9.21. The Labute approximate surface area is 82.9 Å². The van der Waals surface area contributed by atoms with Gasteiger partial charge in [0.15, 0.2) is 5.58 Å². The summed E-state index contributed by atoms with van der Waals surface area (Å²) in [6.45, 7) is 2.87. The fourth-order valence-electron chi connectivity index (χ4n) is 1.69. The number of hydrogen-bond donors (Lipinski definition) is 1. The summed E-state index contributed by atoms with van der Waals surface area (Å²) in [5, 5.41) is 1.15. The van der Waals surface area contributed by atoms with Gasteiger partial charge in [-0.05, 0) is 24.9 Å². The van der Waals surface area contributed by atoms with Crippen molar-refractivity contribution in [2.45, 2.75) is 19.3 Å². The van der Waals surface area contributed by atoms with Gasteiger partial charge in [0.2, 0.25) is 0 Å². The van der Waals surface area contributed by atoms with Crippen LogP contribution in [0.4, 0.5) is 0 Å². The number of nitrogens with two attached hydrogens (primary N) is 1. The molecule has 0 aromatic carbocycles. The van der Waals surface area contributed by atoms with Crippen molar-refractivity contribution in [1.82, 2.24) is 4.98 Å². The number of pyridine rings is 1. The summed E-state index contributed by atoms with van der Waals surface area (Å²) in [4.78, 5) is 4.01. The zero-order valence-electron chi connectivity index (χ0n) is 8.23. The Bertz CT molecular complexity index is 422. The zero-order chi connectivity index (χ0) is 9.97. The fourth-order valence-corrected chi connectivity index (χ4v) is 1.69. The third-order valence-electron chi connectivity index (χ3n) is 2.54. The van der Waals surface area contributed by atoms with Crippen LogP contribution in [0.15, 0.2) is 29.1 Å². The molecular weight excluding hydrogens is 176 g/mol. The molecule has 2 rings (SSSR count). The van der Waals surface area contributed by atoms with Gasteiger partial charge in [-0.15, -0.1) is 0 Å². The number of hydrogen-bond acceptors (Lipinski definition) is 3. The van der Waals surface area contributed by atoms with Crippen LogP contribution in [0.1, 0.15) is 24.8 Å². The molecule has 0 amide bonds. The van der Waals surface area contributed by atoms with Gasteiger partial charge in [0.05, 0.1) is 12.5 Å². The number of nitrogens with zero attached hydrogens (tertiary/aromatic N) is 1. The molecule has 0 spiro atoms. The lowest BCUT2D eigenvalue weighted by Gasteiger charge is -2.06. The molecule has 0 aliphatic rings. The Morgan fingerprint density at radius 3 is 3.21 bits per heavy atom. The van der Waals surface area contributed by atoms with Gasteiger partial charge in [-0.25, -0.2) is 0 Å². The molecule has 2 aromatic rings. The molecule has 3 nitrogen and oxygen atoms in total. The van der Waals surface area contributed by atoms with Crippen molar-refractivity contribution in [3.63, 3.8) is 0 Å². The maximum Gasteiger partial charge on any atom is 0.152 e. The van der Waals surface area contributed by atoms with E-state index < -0.39 is 0 Å². The van der Waals surface area contributed by atoms with E-state index >= 15 is 0 Å². The van der Waals surface area contributed by atoms with E-state index in [0.29, 0.717) is 12.5 Å². The van der Waals surface area contributed by atoms with E-state index in [9.17, 15) is 0 Å². The summed E-state index contributed by atoms with van der Waals surface area (Å²) in [6, 6.07) is 1.99. The second kappa shape index (κ2) is 3.80. The molecule has 0 saturated heterocycles. The fraction of sp³-hybridized carbons (Fsp3) is 0.364. The Morgan fingerprint density at radius 2 is 2.43 bits per heavy atom. The summed E-state index contributed by atoms with van der Waals surface area (Å²) in [5.41, 5.74) is 7.62. The molecule has 2 heterocycles. The summed E-state index contributed by atoms with van der Waals surface area (Å²) in [5.74, 6) is 0.448. The maximum absolute atomic E-state index is 5.54. The minimum atomic E-state index is 0.448. The highest BCUT2D eigenvalue weighted by Gasteiger charge is 2.11. The lowest BCUT2D eigenvalue weighted by Crippen LogP contribution is -2.03. The molecule has 0 bridgehead atoms. The van der Waals surface area contributed by atoms with Crippen LogP contribution in [0, 0.1) is 0 Å². The molecule has 14 heavy (non-hydrogen) atoms. The van der Waals surface area contributed by atoms with Crippen LogP contribution in [-0.2, 0) is 0 Å². The molecule has 1 unspecified atom stereocenters. The minimum absolute atomic E-state index is 0.448. The van der Waals surface area contributed by atoms with Gasteiger partial charge < -0.3 is 10.2 Å². The van der Waals surface area contributed by atoms with Gasteiger partial charge in [0.1, 0.15) is 0 Å². The highest BCUT2D eigenvalue weighted by molar-refractivity contribution is 5.80. The van der Waals surface area contributed by atoms with Crippen molar-refractivity contribution in [3.8, 4) is 0 Å². The van der Waals surface area contributed by atoms with Crippen molar-refractivity contribution in [2.75, 3.05) is 6.54 Å². The molecule has 3 heteroatoms. The molecule has 2 aromatic heterocycles. The Hall–Kier alpha value is -1.35. The van der Waals surface area contributed by atoms with Crippen molar-refractivity contribution in [3.05, 3.63) is 30.3 Å². The van der Waals surface area contributed by atoms with Crippen LogP contribution in [0.25, 0.3) is 11.0 Å². The standard InChI is InChI=1S/C11H14N2O/c1-8(2-4-12)10-7-14-11-6-13-5-3-9(10)11/h3,5-8H,2,4,12H2,1H3. The summed E-state index contributed by atoms with van der Waals surface area (Å²) in [7, 11) is 0. The van der Waals surface area contributed by atoms with Gasteiger partial charge in [0, 0.05) is 17.1 Å². The molecule has 1 atom stereocenters. The molecule has 2 N–H and O–H groups in total. The topological polar surface area (TPSA) is 52.0 Å². The number of aromatic nitrogens is 1. The average Bonchev–Trinajstić information content (AvgIpc) is 2.61. The van der Waals surface area contributed by atoms with E-state index in [4.69, 9.17) is 10.2 Å². The second-order valence-electron chi connectivity index (χ2n) is 3.54. The van der Waals surface area contributed by atoms with Crippen LogP contribution in [0.5, 0.6) is 0 Å². The van der Waals surface area contributed by atoms with Gasteiger partial charge in [-0.1, -0.05) is 6.92 Å². The van der Waals surface area contributed by atoms with E-state index in [2.05, 4.69) is 11.9 Å².